The van der Waals surface area contributed by atoms with Gasteiger partial charge in [-0.25, -0.2) is 4.39 Å². The Kier molecular flexibility index (Phi) is 6.34. The average molecular weight is 364 g/mol. The Morgan fingerprint density at radius 3 is 2.52 bits per heavy atom. The largest absolute Gasteiger partial charge is 0.343 e. The van der Waals surface area contributed by atoms with Crippen LogP contribution >= 0.6 is 11.8 Å². The van der Waals surface area contributed by atoms with Gasteiger partial charge < -0.3 is 10.2 Å². The number of rotatable bonds is 3. The Bertz CT molecular complexity index is 617. The van der Waals surface area contributed by atoms with Crippen LogP contribution in [0.4, 0.5) is 4.39 Å². The molecule has 0 radical (unpaired) electrons. The van der Waals surface area contributed by atoms with Crippen molar-refractivity contribution in [3.8, 4) is 0 Å². The highest BCUT2D eigenvalue weighted by Crippen LogP contribution is 2.24. The van der Waals surface area contributed by atoms with Crippen molar-refractivity contribution in [1.29, 1.82) is 0 Å². The molecule has 2 heterocycles. The third kappa shape index (κ3) is 4.75. The van der Waals surface area contributed by atoms with Crippen molar-refractivity contribution in [3.63, 3.8) is 0 Å². The summed E-state index contributed by atoms with van der Waals surface area (Å²) >= 11 is 1.46. The van der Waals surface area contributed by atoms with Crippen molar-refractivity contribution in [3.05, 3.63) is 35.6 Å². The maximum atomic E-state index is 13.8. The van der Waals surface area contributed by atoms with Crippen LogP contribution in [0.1, 0.15) is 37.7 Å². The van der Waals surface area contributed by atoms with Gasteiger partial charge in [-0.05, 0) is 30.9 Å². The van der Waals surface area contributed by atoms with Gasteiger partial charge in [0.15, 0.2) is 0 Å². The molecule has 136 valence electrons. The predicted molar refractivity (Wildman–Crippen MR) is 97.9 cm³/mol. The molecule has 0 saturated carbocycles. The summed E-state index contributed by atoms with van der Waals surface area (Å²) in [6.45, 7) is 1.57. The molecule has 4 nitrogen and oxygen atoms in total. The first-order chi connectivity index (χ1) is 12.1. The Hall–Kier alpha value is -1.56. The molecule has 2 amide bonds. The number of nitrogens with one attached hydrogen (secondary N) is 1. The molecule has 0 aromatic heterocycles. The molecule has 1 aromatic rings. The molecule has 25 heavy (non-hydrogen) atoms. The molecule has 2 fully saturated rings. The smallest absolute Gasteiger partial charge is 0.246 e. The van der Waals surface area contributed by atoms with E-state index >= 15 is 0 Å². The summed E-state index contributed by atoms with van der Waals surface area (Å²) < 4.78 is 13.8. The molecular weight excluding hydrogens is 339 g/mol. The van der Waals surface area contributed by atoms with Gasteiger partial charge in [0, 0.05) is 18.8 Å². The van der Waals surface area contributed by atoms with Gasteiger partial charge >= 0.3 is 0 Å². The lowest BCUT2D eigenvalue weighted by Crippen LogP contribution is -2.55. The zero-order valence-corrected chi connectivity index (χ0v) is 15.2. The molecule has 2 saturated heterocycles. The topological polar surface area (TPSA) is 49.4 Å². The second-order valence-electron chi connectivity index (χ2n) is 6.77. The van der Waals surface area contributed by atoms with Gasteiger partial charge in [-0.2, -0.15) is 0 Å². The lowest BCUT2D eigenvalue weighted by molar-refractivity contribution is -0.136. The molecule has 0 aliphatic carbocycles. The van der Waals surface area contributed by atoms with E-state index in [2.05, 4.69) is 5.32 Å². The zero-order valence-electron chi connectivity index (χ0n) is 14.4. The Balaban J connectivity index is 1.56. The molecular formula is C19H25FN2O2S. The number of thioether (sulfide) groups is 1. The number of halogens is 1. The van der Waals surface area contributed by atoms with Crippen molar-refractivity contribution >= 4 is 23.6 Å². The van der Waals surface area contributed by atoms with E-state index in [4.69, 9.17) is 0 Å². The fraction of sp³-hybridized carbons (Fsp3) is 0.579. The summed E-state index contributed by atoms with van der Waals surface area (Å²) in [6, 6.07) is 6.09. The molecule has 0 bridgehead atoms. The molecule has 0 unspecified atom stereocenters. The number of nitrogens with zero attached hydrogens (tertiary/aromatic N) is 1. The number of carbonyl (C=O) groups is 2. The molecule has 1 N–H and O–H groups in total. The summed E-state index contributed by atoms with van der Waals surface area (Å²) in [5.74, 6) is 0.145. The van der Waals surface area contributed by atoms with E-state index in [1.165, 1.54) is 37.1 Å². The van der Waals surface area contributed by atoms with E-state index in [-0.39, 0.29) is 22.9 Å². The summed E-state index contributed by atoms with van der Waals surface area (Å²) in [7, 11) is 0. The first-order valence-corrected chi connectivity index (χ1v) is 10.1. The fourth-order valence-electron chi connectivity index (χ4n) is 3.43. The van der Waals surface area contributed by atoms with Crippen LogP contribution in [0.5, 0.6) is 0 Å². The van der Waals surface area contributed by atoms with E-state index in [0.29, 0.717) is 17.7 Å². The van der Waals surface area contributed by atoms with Crippen molar-refractivity contribution in [1.82, 2.24) is 10.2 Å². The van der Waals surface area contributed by atoms with Crippen molar-refractivity contribution in [2.24, 2.45) is 0 Å². The van der Waals surface area contributed by atoms with Gasteiger partial charge in [0.25, 0.3) is 0 Å². The van der Waals surface area contributed by atoms with Gasteiger partial charge in [0.05, 0.1) is 5.25 Å². The van der Waals surface area contributed by atoms with Gasteiger partial charge in [0.1, 0.15) is 11.9 Å². The first kappa shape index (κ1) is 18.2. The molecule has 2 atom stereocenters. The van der Waals surface area contributed by atoms with Crippen molar-refractivity contribution < 1.29 is 14.0 Å². The molecule has 6 heteroatoms. The second-order valence-corrected chi connectivity index (χ2v) is 8.01. The van der Waals surface area contributed by atoms with Crippen LogP contribution in [0.25, 0.3) is 0 Å². The minimum absolute atomic E-state index is 0.0343. The van der Waals surface area contributed by atoms with E-state index < -0.39 is 6.04 Å². The van der Waals surface area contributed by atoms with E-state index in [1.54, 1.807) is 18.2 Å². The highest BCUT2D eigenvalue weighted by atomic mass is 32.2. The van der Waals surface area contributed by atoms with E-state index in [9.17, 15) is 14.0 Å². The Labute approximate surface area is 152 Å². The Morgan fingerprint density at radius 1 is 1.16 bits per heavy atom. The highest BCUT2D eigenvalue weighted by molar-refractivity contribution is 8.00. The van der Waals surface area contributed by atoms with Crippen LogP contribution in [0.3, 0.4) is 0 Å². The van der Waals surface area contributed by atoms with Gasteiger partial charge in [-0.15, -0.1) is 11.8 Å². The molecule has 0 spiro atoms. The number of hydrogen-bond donors (Lipinski definition) is 1. The monoisotopic (exact) mass is 364 g/mol. The number of hydrogen-bond acceptors (Lipinski definition) is 3. The third-order valence-corrected chi connectivity index (χ3v) is 6.21. The predicted octanol–water partition coefficient (Wildman–Crippen LogP) is 2.76. The minimum Gasteiger partial charge on any atom is -0.343 e. The lowest BCUT2D eigenvalue weighted by Gasteiger charge is -2.33. The second kappa shape index (κ2) is 8.70. The summed E-state index contributed by atoms with van der Waals surface area (Å²) in [5, 5.41) is 2.53. The molecule has 2 aliphatic heterocycles. The van der Waals surface area contributed by atoms with Crippen LogP contribution in [-0.4, -0.2) is 46.8 Å². The molecule has 2 aliphatic rings. The maximum Gasteiger partial charge on any atom is 0.246 e. The third-order valence-electron chi connectivity index (χ3n) is 4.90. The number of benzene rings is 1. The van der Waals surface area contributed by atoms with Crippen LogP contribution in [-0.2, 0) is 16.0 Å². The fourth-order valence-corrected chi connectivity index (χ4v) is 4.60. The van der Waals surface area contributed by atoms with Crippen molar-refractivity contribution in [2.75, 3.05) is 18.8 Å². The minimum atomic E-state index is -0.450. The summed E-state index contributed by atoms with van der Waals surface area (Å²) in [5.41, 5.74) is 0.545. The zero-order chi connectivity index (χ0) is 17.6. The average Bonchev–Trinajstić information content (AvgIpc) is 2.58. The maximum absolute atomic E-state index is 13.8. The number of carbonyl (C=O) groups excluding carboxylic acids is 2. The molecule has 1 aromatic carbocycles. The number of amides is 2. The van der Waals surface area contributed by atoms with Crippen LogP contribution < -0.4 is 5.32 Å². The SMILES string of the molecule is O=C1N[C@H](C(=O)N2CCCCCCC2)CS[C@H]1Cc1ccccc1F. The first-order valence-electron chi connectivity index (χ1n) is 9.09. The van der Waals surface area contributed by atoms with Crippen molar-refractivity contribution in [2.45, 2.75) is 49.8 Å². The summed E-state index contributed by atoms with van der Waals surface area (Å²) in [4.78, 5) is 27.0. The van der Waals surface area contributed by atoms with Gasteiger partial charge in [-0.1, -0.05) is 37.5 Å². The summed E-state index contributed by atoms with van der Waals surface area (Å²) in [6.07, 6.45) is 6.01. The van der Waals surface area contributed by atoms with E-state index in [1.807, 2.05) is 4.90 Å². The van der Waals surface area contributed by atoms with Gasteiger partial charge in [0.2, 0.25) is 11.8 Å². The van der Waals surface area contributed by atoms with Crippen LogP contribution in [0, 0.1) is 5.82 Å². The lowest BCUT2D eigenvalue weighted by atomic mass is 10.1. The standard InChI is InChI=1S/C19H25FN2O2S/c20-15-9-5-4-8-14(15)12-17-18(23)21-16(13-25-17)19(24)22-10-6-2-1-3-7-11-22/h4-5,8-9,16-17H,1-3,6-7,10-13H2,(H,21,23)/t16-,17-/m0/s1. The molecule has 3 rings (SSSR count). The van der Waals surface area contributed by atoms with Gasteiger partial charge in [-0.3, -0.25) is 9.59 Å². The quantitative estimate of drug-likeness (QED) is 0.897. The highest BCUT2D eigenvalue weighted by Gasteiger charge is 2.34. The normalized spacial score (nSPS) is 25.0. The Morgan fingerprint density at radius 2 is 1.84 bits per heavy atom. The van der Waals surface area contributed by atoms with E-state index in [0.717, 1.165) is 25.9 Å². The van der Waals surface area contributed by atoms with Crippen LogP contribution in [0.15, 0.2) is 24.3 Å². The number of likely N-dealkylation sites (tertiary alicyclic amines) is 1. The van der Waals surface area contributed by atoms with Crippen LogP contribution in [0.2, 0.25) is 0 Å².